The molecule has 1 aromatic carbocycles. The first-order valence-electron chi connectivity index (χ1n) is 5.06. The predicted octanol–water partition coefficient (Wildman–Crippen LogP) is 2.10. The fourth-order valence-corrected chi connectivity index (χ4v) is 2.01. The molecule has 1 saturated heterocycles. The van der Waals surface area contributed by atoms with Gasteiger partial charge in [0.1, 0.15) is 0 Å². The van der Waals surface area contributed by atoms with Gasteiger partial charge in [-0.25, -0.2) is 0 Å². The highest BCUT2D eigenvalue weighted by Gasteiger charge is 2.36. The molecule has 2 rings (SSSR count). The fourth-order valence-electron chi connectivity index (χ4n) is 2.01. The molecule has 0 saturated carbocycles. The van der Waals surface area contributed by atoms with Crippen LogP contribution in [0, 0.1) is 0 Å². The molecule has 1 aliphatic rings. The van der Waals surface area contributed by atoms with Crippen LogP contribution in [0.15, 0.2) is 24.3 Å². The standard InChI is InChI=1S/C11H12F3NO/c12-11(13,14)9-4-2-1-3-8(9)10-5-7(16)6-15-10/h1-4,7,10,15-16H,5-6H2/t7-,10-/m0/s1. The van der Waals surface area contributed by atoms with Crippen LogP contribution >= 0.6 is 0 Å². The van der Waals surface area contributed by atoms with E-state index in [-0.39, 0.29) is 5.56 Å². The Morgan fingerprint density at radius 1 is 1.25 bits per heavy atom. The van der Waals surface area contributed by atoms with Gasteiger partial charge in [-0.1, -0.05) is 18.2 Å². The first-order chi connectivity index (χ1) is 7.48. The lowest BCUT2D eigenvalue weighted by Gasteiger charge is -2.17. The van der Waals surface area contributed by atoms with E-state index in [0.717, 1.165) is 6.07 Å². The summed E-state index contributed by atoms with van der Waals surface area (Å²) in [7, 11) is 0. The average Bonchev–Trinajstić information content (AvgIpc) is 2.64. The zero-order valence-corrected chi connectivity index (χ0v) is 8.46. The van der Waals surface area contributed by atoms with E-state index in [9.17, 15) is 18.3 Å². The van der Waals surface area contributed by atoms with Crippen LogP contribution in [-0.2, 0) is 6.18 Å². The van der Waals surface area contributed by atoms with Crippen LogP contribution in [0.5, 0.6) is 0 Å². The molecule has 0 radical (unpaired) electrons. The van der Waals surface area contributed by atoms with Gasteiger partial charge in [0.05, 0.1) is 11.7 Å². The monoisotopic (exact) mass is 231 g/mol. The average molecular weight is 231 g/mol. The second kappa shape index (κ2) is 4.07. The minimum absolute atomic E-state index is 0.214. The third-order valence-electron chi connectivity index (χ3n) is 2.75. The molecular weight excluding hydrogens is 219 g/mol. The van der Waals surface area contributed by atoms with Gasteiger partial charge < -0.3 is 10.4 Å². The Bertz CT molecular complexity index is 378. The molecule has 5 heteroatoms. The number of hydrogen-bond acceptors (Lipinski definition) is 2. The maximum atomic E-state index is 12.7. The van der Waals surface area contributed by atoms with Crippen LogP contribution < -0.4 is 5.32 Å². The minimum Gasteiger partial charge on any atom is -0.392 e. The molecule has 0 unspecified atom stereocenters. The molecule has 2 nitrogen and oxygen atoms in total. The molecule has 1 fully saturated rings. The lowest BCUT2D eigenvalue weighted by Crippen LogP contribution is -2.18. The zero-order chi connectivity index (χ0) is 11.8. The molecular formula is C11H12F3NO. The smallest absolute Gasteiger partial charge is 0.392 e. The van der Waals surface area contributed by atoms with Gasteiger partial charge in [0.25, 0.3) is 0 Å². The number of hydrogen-bond donors (Lipinski definition) is 2. The molecule has 88 valence electrons. The third kappa shape index (κ3) is 2.20. The summed E-state index contributed by atoms with van der Waals surface area (Å²) in [6.45, 7) is 0.344. The first kappa shape index (κ1) is 11.4. The number of nitrogens with one attached hydrogen (secondary N) is 1. The highest BCUT2D eigenvalue weighted by molar-refractivity contribution is 5.33. The van der Waals surface area contributed by atoms with Crippen molar-refractivity contribution in [2.45, 2.75) is 24.7 Å². The van der Waals surface area contributed by atoms with Gasteiger partial charge >= 0.3 is 6.18 Å². The second-order valence-electron chi connectivity index (χ2n) is 3.94. The molecule has 16 heavy (non-hydrogen) atoms. The lowest BCUT2D eigenvalue weighted by atomic mass is 9.98. The zero-order valence-electron chi connectivity index (χ0n) is 8.46. The van der Waals surface area contributed by atoms with Crippen LogP contribution in [0.2, 0.25) is 0 Å². The quantitative estimate of drug-likeness (QED) is 0.775. The van der Waals surface area contributed by atoms with Gasteiger partial charge in [-0.2, -0.15) is 13.2 Å². The van der Waals surface area contributed by atoms with Gasteiger partial charge in [-0.15, -0.1) is 0 Å². The predicted molar refractivity (Wildman–Crippen MR) is 52.8 cm³/mol. The van der Waals surface area contributed by atoms with Gasteiger partial charge in [0.15, 0.2) is 0 Å². The van der Waals surface area contributed by atoms with Crippen molar-refractivity contribution >= 4 is 0 Å². The van der Waals surface area contributed by atoms with Crippen molar-refractivity contribution in [1.82, 2.24) is 5.32 Å². The molecule has 0 bridgehead atoms. The van der Waals surface area contributed by atoms with Gasteiger partial charge in [0, 0.05) is 12.6 Å². The Morgan fingerprint density at radius 3 is 2.50 bits per heavy atom. The van der Waals surface area contributed by atoms with Gasteiger partial charge in [-0.3, -0.25) is 0 Å². The second-order valence-corrected chi connectivity index (χ2v) is 3.94. The first-order valence-corrected chi connectivity index (χ1v) is 5.06. The van der Waals surface area contributed by atoms with Crippen LogP contribution in [0.25, 0.3) is 0 Å². The number of β-amino-alcohol motifs (C(OH)–C–C–N with tert-alkyl or cyclic N) is 1. The van der Waals surface area contributed by atoms with Crippen molar-refractivity contribution in [3.8, 4) is 0 Å². The van der Waals surface area contributed by atoms with Crippen molar-refractivity contribution < 1.29 is 18.3 Å². The van der Waals surface area contributed by atoms with E-state index >= 15 is 0 Å². The highest BCUT2D eigenvalue weighted by atomic mass is 19.4. The largest absolute Gasteiger partial charge is 0.416 e. The highest BCUT2D eigenvalue weighted by Crippen LogP contribution is 2.36. The molecule has 1 aliphatic heterocycles. The van der Waals surface area contributed by atoms with Gasteiger partial charge in [-0.05, 0) is 18.1 Å². The van der Waals surface area contributed by atoms with E-state index < -0.39 is 23.9 Å². The Labute approximate surface area is 91.1 Å². The number of aliphatic hydroxyl groups excluding tert-OH is 1. The molecule has 1 heterocycles. The number of benzene rings is 1. The van der Waals surface area contributed by atoms with Crippen molar-refractivity contribution in [2.24, 2.45) is 0 Å². The van der Waals surface area contributed by atoms with Crippen LogP contribution in [0.3, 0.4) is 0 Å². The van der Waals surface area contributed by atoms with E-state index in [1.807, 2.05) is 0 Å². The summed E-state index contributed by atoms with van der Waals surface area (Å²) in [6.07, 6.45) is -4.58. The Morgan fingerprint density at radius 2 is 1.94 bits per heavy atom. The van der Waals surface area contributed by atoms with Crippen LogP contribution in [0.4, 0.5) is 13.2 Å². The van der Waals surface area contributed by atoms with Gasteiger partial charge in [0.2, 0.25) is 0 Å². The van der Waals surface area contributed by atoms with E-state index in [1.54, 1.807) is 6.07 Å². The van der Waals surface area contributed by atoms with Crippen LogP contribution in [0.1, 0.15) is 23.6 Å². The normalized spacial score (nSPS) is 26.0. The van der Waals surface area contributed by atoms with Crippen molar-refractivity contribution in [3.05, 3.63) is 35.4 Å². The number of alkyl halides is 3. The molecule has 0 amide bonds. The summed E-state index contributed by atoms with van der Waals surface area (Å²) >= 11 is 0. The topological polar surface area (TPSA) is 32.3 Å². The number of halogens is 3. The summed E-state index contributed by atoms with van der Waals surface area (Å²) in [5.74, 6) is 0. The summed E-state index contributed by atoms with van der Waals surface area (Å²) < 4.78 is 38.1. The molecule has 0 aliphatic carbocycles. The minimum atomic E-state index is -4.34. The lowest BCUT2D eigenvalue weighted by molar-refractivity contribution is -0.138. The fraction of sp³-hybridized carbons (Fsp3) is 0.455. The molecule has 1 aromatic rings. The SMILES string of the molecule is O[C@@H]1CN[C@H](c2ccccc2C(F)(F)F)C1. The molecule has 0 aromatic heterocycles. The van der Waals surface area contributed by atoms with Crippen molar-refractivity contribution in [1.29, 1.82) is 0 Å². The molecule has 2 atom stereocenters. The summed E-state index contributed by atoms with van der Waals surface area (Å²) in [4.78, 5) is 0. The van der Waals surface area contributed by atoms with E-state index in [2.05, 4.69) is 5.32 Å². The van der Waals surface area contributed by atoms with E-state index in [0.29, 0.717) is 13.0 Å². The number of rotatable bonds is 1. The Hall–Kier alpha value is -1.07. The summed E-state index contributed by atoms with van der Waals surface area (Å²) in [5, 5.41) is 12.2. The summed E-state index contributed by atoms with van der Waals surface area (Å²) in [6, 6.07) is 5.07. The van der Waals surface area contributed by atoms with Crippen molar-refractivity contribution in [2.75, 3.05) is 6.54 Å². The van der Waals surface area contributed by atoms with E-state index in [1.165, 1.54) is 12.1 Å². The summed E-state index contributed by atoms with van der Waals surface area (Å²) in [5.41, 5.74) is -0.409. The van der Waals surface area contributed by atoms with Crippen LogP contribution in [-0.4, -0.2) is 17.8 Å². The van der Waals surface area contributed by atoms with Crippen molar-refractivity contribution in [3.63, 3.8) is 0 Å². The Balaban J connectivity index is 2.34. The third-order valence-corrected chi connectivity index (χ3v) is 2.75. The molecule has 2 N–H and O–H groups in total. The maximum Gasteiger partial charge on any atom is 0.416 e. The number of aliphatic hydroxyl groups is 1. The van der Waals surface area contributed by atoms with E-state index in [4.69, 9.17) is 0 Å². The Kier molecular flexibility index (Phi) is 2.90. The molecule has 0 spiro atoms. The maximum absolute atomic E-state index is 12.7.